The van der Waals surface area contributed by atoms with Gasteiger partial charge in [0, 0.05) is 68.2 Å². The van der Waals surface area contributed by atoms with Gasteiger partial charge in [0.2, 0.25) is 0 Å². The average molecular weight is 516 g/mol. The normalized spacial score (nSPS) is 18.4. The highest BCUT2D eigenvalue weighted by atomic mass is 16.5. The van der Waals surface area contributed by atoms with Gasteiger partial charge < -0.3 is 14.5 Å². The third kappa shape index (κ3) is 6.48. The Kier molecular flexibility index (Phi) is 8.95. The number of allylic oxidation sites excluding steroid dienone is 4. The van der Waals surface area contributed by atoms with Crippen LogP contribution in [0.2, 0.25) is 0 Å². The van der Waals surface area contributed by atoms with Crippen LogP contribution in [0, 0.1) is 12.8 Å². The van der Waals surface area contributed by atoms with Gasteiger partial charge in [0.1, 0.15) is 0 Å². The van der Waals surface area contributed by atoms with Gasteiger partial charge in [0.25, 0.3) is 0 Å². The quantitative estimate of drug-likeness (QED) is 0.394. The molecule has 2 aromatic rings. The van der Waals surface area contributed by atoms with Gasteiger partial charge in [0.05, 0.1) is 5.69 Å². The number of hydrogen-bond donors (Lipinski definition) is 0. The lowest BCUT2D eigenvalue weighted by Crippen LogP contribution is -2.37. The first kappa shape index (κ1) is 27.9. The molecule has 202 valence electrons. The van der Waals surface area contributed by atoms with E-state index in [0.29, 0.717) is 18.9 Å². The molecule has 2 heterocycles. The molecule has 0 amide bonds. The summed E-state index contributed by atoms with van der Waals surface area (Å²) in [5.41, 5.74) is 7.78. The second kappa shape index (κ2) is 12.2. The number of ketones is 2. The number of anilines is 1. The van der Waals surface area contributed by atoms with Crippen molar-refractivity contribution < 1.29 is 14.3 Å². The van der Waals surface area contributed by atoms with E-state index in [0.717, 1.165) is 77.4 Å². The Morgan fingerprint density at radius 2 is 1.76 bits per heavy atom. The molecule has 1 atom stereocenters. The van der Waals surface area contributed by atoms with Crippen LogP contribution in [0.25, 0.3) is 11.1 Å². The summed E-state index contributed by atoms with van der Waals surface area (Å²) in [5, 5.41) is 0. The van der Waals surface area contributed by atoms with Gasteiger partial charge in [-0.2, -0.15) is 0 Å². The zero-order chi connectivity index (χ0) is 27.4. The predicted molar refractivity (Wildman–Crippen MR) is 154 cm³/mol. The van der Waals surface area contributed by atoms with Gasteiger partial charge in [-0.1, -0.05) is 17.7 Å². The second-order valence-electron chi connectivity index (χ2n) is 11.1. The maximum atomic E-state index is 13.7. The molecule has 1 saturated heterocycles. The summed E-state index contributed by atoms with van der Waals surface area (Å²) < 4.78 is 5.59. The van der Waals surface area contributed by atoms with Crippen LogP contribution in [0.4, 0.5) is 5.69 Å². The van der Waals surface area contributed by atoms with Crippen molar-refractivity contribution in [1.29, 1.82) is 0 Å². The van der Waals surface area contributed by atoms with E-state index in [-0.39, 0.29) is 17.5 Å². The lowest BCUT2D eigenvalue weighted by molar-refractivity contribution is -0.117. The van der Waals surface area contributed by atoms with E-state index in [2.05, 4.69) is 46.1 Å². The third-order valence-corrected chi connectivity index (χ3v) is 7.81. The molecule has 0 saturated carbocycles. The number of rotatable bonds is 9. The topological polar surface area (TPSA) is 62.7 Å². The van der Waals surface area contributed by atoms with Crippen molar-refractivity contribution in [3.63, 3.8) is 0 Å². The van der Waals surface area contributed by atoms with Crippen molar-refractivity contribution in [3.05, 3.63) is 70.6 Å². The van der Waals surface area contributed by atoms with Crippen LogP contribution >= 0.6 is 0 Å². The first-order chi connectivity index (χ1) is 18.1. The van der Waals surface area contributed by atoms with E-state index in [1.54, 1.807) is 6.08 Å². The molecule has 0 bridgehead atoms. The summed E-state index contributed by atoms with van der Waals surface area (Å²) >= 11 is 0. The Morgan fingerprint density at radius 1 is 1.03 bits per heavy atom. The molecule has 1 aliphatic carbocycles. The second-order valence-corrected chi connectivity index (χ2v) is 11.1. The Balaban J connectivity index is 1.65. The summed E-state index contributed by atoms with van der Waals surface area (Å²) in [6, 6.07) is 8.71. The fraction of sp³-hybridized carbons (Fsp3) is 0.469. The van der Waals surface area contributed by atoms with Crippen LogP contribution in [0.15, 0.2) is 53.8 Å². The Labute approximate surface area is 227 Å². The van der Waals surface area contributed by atoms with E-state index < -0.39 is 0 Å². The zero-order valence-electron chi connectivity index (χ0n) is 23.7. The molecule has 0 N–H and O–H groups in total. The molecule has 6 nitrogen and oxygen atoms in total. The number of nitrogens with zero attached hydrogens (tertiary/aromatic N) is 3. The van der Waals surface area contributed by atoms with Crippen LogP contribution in [0.1, 0.15) is 61.1 Å². The Morgan fingerprint density at radius 3 is 2.39 bits per heavy atom. The molecule has 0 spiro atoms. The van der Waals surface area contributed by atoms with Crippen LogP contribution in [0.3, 0.4) is 0 Å². The fourth-order valence-corrected chi connectivity index (χ4v) is 5.63. The summed E-state index contributed by atoms with van der Waals surface area (Å²) in [5.74, 6) is -0.0383. The van der Waals surface area contributed by atoms with Gasteiger partial charge in [0.15, 0.2) is 11.6 Å². The van der Waals surface area contributed by atoms with Gasteiger partial charge >= 0.3 is 0 Å². The minimum Gasteiger partial charge on any atom is -0.381 e. The predicted octanol–water partition coefficient (Wildman–Crippen LogP) is 5.79. The standard InChI is InChI=1S/C32H41N3O3/c1-21-15-22(2)28(32(37)16-21)9-10-31(36)29-17-25(24-7-8-26(33-19-24)20-34(4)5)18-30(23(29)3)35(6)27-11-13-38-14-12-27/h7-8,15-19,27-28H,9-14,20H2,1-6H3. The number of hydrogen-bond acceptors (Lipinski definition) is 6. The molecule has 0 radical (unpaired) electrons. The molecular weight excluding hydrogens is 474 g/mol. The Bertz CT molecular complexity index is 1240. The third-order valence-electron chi connectivity index (χ3n) is 7.81. The van der Waals surface area contributed by atoms with Crippen molar-refractivity contribution in [2.75, 3.05) is 39.3 Å². The van der Waals surface area contributed by atoms with E-state index in [1.165, 1.54) is 0 Å². The summed E-state index contributed by atoms with van der Waals surface area (Å²) in [7, 11) is 6.18. The van der Waals surface area contributed by atoms with Gasteiger partial charge in [-0.05, 0) is 95.1 Å². The van der Waals surface area contributed by atoms with E-state index >= 15 is 0 Å². The van der Waals surface area contributed by atoms with Crippen LogP contribution in [0.5, 0.6) is 0 Å². The smallest absolute Gasteiger partial charge is 0.163 e. The molecule has 38 heavy (non-hydrogen) atoms. The van der Waals surface area contributed by atoms with Crippen LogP contribution < -0.4 is 4.90 Å². The molecule has 1 aromatic carbocycles. The Hall–Kier alpha value is -3.09. The maximum Gasteiger partial charge on any atom is 0.163 e. The number of benzene rings is 1. The maximum absolute atomic E-state index is 13.7. The molecule has 6 heteroatoms. The van der Waals surface area contributed by atoms with Crippen molar-refractivity contribution in [2.24, 2.45) is 5.92 Å². The first-order valence-corrected chi connectivity index (χ1v) is 13.6. The molecule has 1 unspecified atom stereocenters. The first-order valence-electron chi connectivity index (χ1n) is 13.6. The van der Waals surface area contributed by atoms with E-state index in [4.69, 9.17) is 4.74 Å². The summed E-state index contributed by atoms with van der Waals surface area (Å²) in [6.45, 7) is 8.26. The summed E-state index contributed by atoms with van der Waals surface area (Å²) in [4.78, 5) is 35.4. The van der Waals surface area contributed by atoms with Crippen LogP contribution in [-0.4, -0.2) is 61.8 Å². The van der Waals surface area contributed by atoms with Crippen molar-refractivity contribution >= 4 is 17.3 Å². The molecular formula is C32H41N3O3. The SMILES string of the molecule is CC1=CC(=O)C(CCC(=O)c2cc(-c3ccc(CN(C)C)nc3)cc(N(C)C3CCOCC3)c2C)C(C)=C1. The highest BCUT2D eigenvalue weighted by Gasteiger charge is 2.26. The minimum atomic E-state index is -0.219. The van der Waals surface area contributed by atoms with Gasteiger partial charge in [-0.25, -0.2) is 0 Å². The van der Waals surface area contributed by atoms with Crippen molar-refractivity contribution in [1.82, 2.24) is 9.88 Å². The van der Waals surface area contributed by atoms with Gasteiger partial charge in [-0.15, -0.1) is 0 Å². The lowest BCUT2D eigenvalue weighted by Gasteiger charge is -2.34. The lowest BCUT2D eigenvalue weighted by atomic mass is 9.84. The number of ether oxygens (including phenoxy) is 1. The summed E-state index contributed by atoms with van der Waals surface area (Å²) in [6.07, 6.45) is 8.44. The highest BCUT2D eigenvalue weighted by Crippen LogP contribution is 2.34. The average Bonchev–Trinajstić information content (AvgIpc) is 2.88. The monoisotopic (exact) mass is 515 g/mol. The number of pyridine rings is 1. The molecule has 1 aromatic heterocycles. The minimum absolute atomic E-state index is 0.0787. The molecule has 2 aliphatic rings. The zero-order valence-corrected chi connectivity index (χ0v) is 23.7. The van der Waals surface area contributed by atoms with Gasteiger partial charge in [-0.3, -0.25) is 14.6 Å². The largest absolute Gasteiger partial charge is 0.381 e. The molecule has 4 rings (SSSR count). The number of carbonyl (C=O) groups excluding carboxylic acids is 2. The van der Waals surface area contributed by atoms with Crippen LogP contribution in [-0.2, 0) is 16.1 Å². The van der Waals surface area contributed by atoms with E-state index in [1.807, 2.05) is 47.1 Å². The number of carbonyl (C=O) groups is 2. The number of aromatic nitrogens is 1. The number of Topliss-reactive ketones (excluding diaryl/α,β-unsaturated/α-hetero) is 1. The molecule has 1 aliphatic heterocycles. The van der Waals surface area contributed by atoms with Crippen molar-refractivity contribution in [2.45, 2.75) is 59.0 Å². The highest BCUT2D eigenvalue weighted by molar-refractivity contribution is 6.01. The van der Waals surface area contributed by atoms with E-state index in [9.17, 15) is 9.59 Å². The fourth-order valence-electron chi connectivity index (χ4n) is 5.63. The van der Waals surface area contributed by atoms with Crippen molar-refractivity contribution in [3.8, 4) is 11.1 Å². The molecule has 1 fully saturated rings.